The van der Waals surface area contributed by atoms with E-state index in [2.05, 4.69) is 39.8 Å². The summed E-state index contributed by atoms with van der Waals surface area (Å²) in [6.45, 7) is -0.0846. The van der Waals surface area contributed by atoms with Crippen molar-refractivity contribution in [2.75, 3.05) is 6.26 Å². The second-order valence-electron chi connectivity index (χ2n) is 8.63. The molecular weight excluding hydrogens is 514 g/mol. The van der Waals surface area contributed by atoms with Crippen molar-refractivity contribution in [2.24, 2.45) is 0 Å². The van der Waals surface area contributed by atoms with Crippen molar-refractivity contribution in [1.82, 2.24) is 39.8 Å². The Morgan fingerprint density at radius 3 is 2.58 bits per heavy atom. The number of fused-ring (bicyclic) bond motifs is 2. The van der Waals surface area contributed by atoms with Gasteiger partial charge in [-0.25, -0.2) is 36.9 Å². The maximum atomic E-state index is 15.7. The largest absolute Gasteiger partial charge is 0.336 e. The van der Waals surface area contributed by atoms with Crippen LogP contribution in [0, 0.1) is 11.6 Å². The van der Waals surface area contributed by atoms with E-state index in [0.717, 1.165) is 6.26 Å². The third-order valence-electron chi connectivity index (χ3n) is 5.93. The van der Waals surface area contributed by atoms with Crippen molar-refractivity contribution in [1.29, 1.82) is 0 Å². The summed E-state index contributed by atoms with van der Waals surface area (Å²) in [4.78, 5) is 20.1. The summed E-state index contributed by atoms with van der Waals surface area (Å²) in [5.74, 6) is -0.774. The van der Waals surface area contributed by atoms with E-state index in [1.54, 1.807) is 24.3 Å². The second-order valence-corrected chi connectivity index (χ2v) is 10.5. The van der Waals surface area contributed by atoms with Crippen molar-refractivity contribution in [3.05, 3.63) is 78.5 Å². The second kappa shape index (κ2) is 9.04. The summed E-state index contributed by atoms with van der Waals surface area (Å²) in [7, 11) is -3.46. The number of benzene rings is 2. The van der Waals surface area contributed by atoms with Crippen LogP contribution in [0.3, 0.4) is 0 Å². The summed E-state index contributed by atoms with van der Waals surface area (Å²) in [5, 5.41) is 7.37. The Bertz CT molecular complexity index is 1940. The molecule has 10 nitrogen and oxygen atoms in total. The molecule has 0 unspecified atom stereocenters. The number of nitrogens with zero attached hydrogens (tertiary/aromatic N) is 5. The van der Waals surface area contributed by atoms with Gasteiger partial charge in [0, 0.05) is 41.8 Å². The van der Waals surface area contributed by atoms with Gasteiger partial charge in [0.1, 0.15) is 29.2 Å². The number of aromatic nitrogens is 7. The van der Waals surface area contributed by atoms with Crippen molar-refractivity contribution >= 4 is 32.0 Å². The molecule has 0 saturated carbocycles. The molecule has 3 N–H and O–H groups in total. The molecule has 0 bridgehead atoms. The van der Waals surface area contributed by atoms with Gasteiger partial charge < -0.3 is 4.98 Å². The van der Waals surface area contributed by atoms with E-state index in [-0.39, 0.29) is 23.4 Å². The first-order valence-corrected chi connectivity index (χ1v) is 13.2. The van der Waals surface area contributed by atoms with Crippen LogP contribution in [0.5, 0.6) is 0 Å². The molecule has 0 spiro atoms. The Hall–Kier alpha value is -4.62. The van der Waals surface area contributed by atoms with Crippen LogP contribution in [0.1, 0.15) is 5.56 Å². The minimum absolute atomic E-state index is 0.0846. The molecule has 2 aromatic carbocycles. The Morgan fingerprint density at radius 1 is 0.974 bits per heavy atom. The minimum Gasteiger partial charge on any atom is -0.336 e. The van der Waals surface area contributed by atoms with Crippen LogP contribution >= 0.6 is 0 Å². The summed E-state index contributed by atoms with van der Waals surface area (Å²) < 4.78 is 55.5. The lowest BCUT2D eigenvalue weighted by Crippen LogP contribution is -2.21. The first-order valence-electron chi connectivity index (χ1n) is 11.3. The van der Waals surface area contributed by atoms with Crippen LogP contribution in [0.4, 0.5) is 8.78 Å². The first-order chi connectivity index (χ1) is 18.3. The monoisotopic (exact) mass is 532 g/mol. The maximum absolute atomic E-state index is 15.7. The fourth-order valence-electron chi connectivity index (χ4n) is 4.27. The molecule has 6 aromatic rings. The van der Waals surface area contributed by atoms with E-state index in [1.807, 2.05) is 0 Å². The van der Waals surface area contributed by atoms with E-state index in [1.165, 1.54) is 37.1 Å². The molecule has 4 aromatic heterocycles. The number of pyridine rings is 1. The fraction of sp³-hybridized carbons (Fsp3) is 0.0800. The van der Waals surface area contributed by atoms with Gasteiger partial charge in [0.25, 0.3) is 0 Å². The van der Waals surface area contributed by atoms with Gasteiger partial charge in [0.2, 0.25) is 10.0 Å². The number of aromatic amines is 2. The Morgan fingerprint density at radius 2 is 1.79 bits per heavy atom. The van der Waals surface area contributed by atoms with Gasteiger partial charge in [-0.05, 0) is 42.0 Å². The molecule has 0 atom stereocenters. The topological polar surface area (TPSA) is 142 Å². The first kappa shape index (κ1) is 23.8. The summed E-state index contributed by atoms with van der Waals surface area (Å²) >= 11 is 0. The number of H-pyrrole nitrogens is 2. The number of hydrogen-bond acceptors (Lipinski definition) is 7. The van der Waals surface area contributed by atoms with Gasteiger partial charge in [-0.3, -0.25) is 10.1 Å². The van der Waals surface area contributed by atoms with Gasteiger partial charge in [0.15, 0.2) is 5.82 Å². The molecule has 13 heteroatoms. The summed E-state index contributed by atoms with van der Waals surface area (Å²) in [5.41, 5.74) is 3.75. The lowest BCUT2D eigenvalue weighted by Gasteiger charge is -2.07. The number of sulfonamides is 1. The van der Waals surface area contributed by atoms with E-state index in [9.17, 15) is 12.8 Å². The highest BCUT2D eigenvalue weighted by atomic mass is 32.2. The molecular formula is C25H18F2N8O2S. The summed E-state index contributed by atoms with van der Waals surface area (Å²) in [6.07, 6.45) is 6.98. The molecule has 190 valence electrons. The molecule has 0 aliphatic carbocycles. The lowest BCUT2D eigenvalue weighted by molar-refractivity contribution is 0.586. The quantitative estimate of drug-likeness (QED) is 0.295. The zero-order valence-corrected chi connectivity index (χ0v) is 20.5. The van der Waals surface area contributed by atoms with Crippen molar-refractivity contribution in [3.8, 4) is 33.9 Å². The number of hydrogen-bond donors (Lipinski definition) is 3. The Balaban J connectivity index is 1.46. The zero-order chi connectivity index (χ0) is 26.4. The molecule has 0 radical (unpaired) electrons. The third-order valence-corrected chi connectivity index (χ3v) is 6.60. The van der Waals surface area contributed by atoms with Gasteiger partial charge in [-0.1, -0.05) is 0 Å². The van der Waals surface area contributed by atoms with Crippen molar-refractivity contribution in [3.63, 3.8) is 0 Å². The molecule has 38 heavy (non-hydrogen) atoms. The van der Waals surface area contributed by atoms with Crippen LogP contribution in [0.25, 0.3) is 55.8 Å². The fourth-order valence-corrected chi connectivity index (χ4v) is 4.70. The van der Waals surface area contributed by atoms with Crippen LogP contribution in [0.2, 0.25) is 0 Å². The van der Waals surface area contributed by atoms with Gasteiger partial charge >= 0.3 is 0 Å². The van der Waals surface area contributed by atoms with Crippen molar-refractivity contribution in [2.45, 2.75) is 6.54 Å². The van der Waals surface area contributed by atoms with E-state index < -0.39 is 21.7 Å². The van der Waals surface area contributed by atoms with Gasteiger partial charge in [0.05, 0.1) is 28.4 Å². The standard InChI is InChI=1S/C25H18F2N8O2S/c1-38(36,37)31-9-13-6-14(8-16(26)7-13)22-23-19(4-5-30-22)32-25(33-23)24-20-18(34-35-24)3-2-17(21(20)27)15-10-28-12-29-11-15/h2-8,10-12,31H,9H2,1H3,(H,32,33)(H,34,35). The lowest BCUT2D eigenvalue weighted by atomic mass is 10.0. The molecule has 0 amide bonds. The van der Waals surface area contributed by atoms with Crippen LogP contribution in [-0.2, 0) is 16.6 Å². The van der Waals surface area contributed by atoms with Gasteiger partial charge in [-0.2, -0.15) is 5.10 Å². The Labute approximate surface area is 214 Å². The number of nitrogens with one attached hydrogen (secondary N) is 3. The molecule has 0 aliphatic rings. The van der Waals surface area contributed by atoms with Crippen LogP contribution in [-0.4, -0.2) is 49.8 Å². The normalized spacial score (nSPS) is 12.0. The summed E-state index contributed by atoms with van der Waals surface area (Å²) in [6, 6.07) is 9.20. The SMILES string of the molecule is CS(=O)(=O)NCc1cc(F)cc(-c2nccc3[nH]c(-c4n[nH]c5ccc(-c6cncnc6)c(F)c45)nc23)c1. The maximum Gasteiger partial charge on any atom is 0.209 e. The Kier molecular flexibility index (Phi) is 5.65. The molecule has 0 fully saturated rings. The van der Waals surface area contributed by atoms with E-state index in [0.29, 0.717) is 44.5 Å². The zero-order valence-electron chi connectivity index (χ0n) is 19.7. The third kappa shape index (κ3) is 4.37. The average molecular weight is 533 g/mol. The number of rotatable bonds is 6. The molecule has 0 saturated heterocycles. The number of imidazole rings is 1. The molecule has 0 aliphatic heterocycles. The van der Waals surface area contributed by atoms with Crippen molar-refractivity contribution < 1.29 is 17.2 Å². The van der Waals surface area contributed by atoms with E-state index >= 15 is 4.39 Å². The molecule has 4 heterocycles. The number of halogens is 2. The average Bonchev–Trinajstić information content (AvgIpc) is 3.52. The highest BCUT2D eigenvalue weighted by Crippen LogP contribution is 2.35. The van der Waals surface area contributed by atoms with Crippen LogP contribution < -0.4 is 4.72 Å². The smallest absolute Gasteiger partial charge is 0.209 e. The van der Waals surface area contributed by atoms with Gasteiger partial charge in [-0.15, -0.1) is 0 Å². The highest BCUT2D eigenvalue weighted by Gasteiger charge is 2.21. The van der Waals surface area contributed by atoms with E-state index in [4.69, 9.17) is 0 Å². The molecule has 6 rings (SSSR count). The predicted octanol–water partition coefficient (Wildman–Crippen LogP) is 3.95. The predicted molar refractivity (Wildman–Crippen MR) is 137 cm³/mol. The van der Waals surface area contributed by atoms with Crippen LogP contribution in [0.15, 0.2) is 61.3 Å². The highest BCUT2D eigenvalue weighted by molar-refractivity contribution is 7.88. The minimum atomic E-state index is -3.46.